The summed E-state index contributed by atoms with van der Waals surface area (Å²) in [4.78, 5) is 17.4. The molecule has 3 aromatic heterocycles. The van der Waals surface area contributed by atoms with E-state index in [0.717, 1.165) is 18.5 Å². The van der Waals surface area contributed by atoms with Gasteiger partial charge in [0.2, 0.25) is 5.91 Å². The van der Waals surface area contributed by atoms with Crippen molar-refractivity contribution in [3.05, 3.63) is 68.3 Å². The van der Waals surface area contributed by atoms with Crippen LogP contribution in [-0.2, 0) is 18.3 Å². The van der Waals surface area contributed by atoms with Crippen LogP contribution in [0.5, 0.6) is 0 Å². The molecule has 4 rings (SSSR count). The Balaban J connectivity index is 1.63. The zero-order valence-electron chi connectivity index (χ0n) is 13.3. The number of amides is 1. The fourth-order valence-corrected chi connectivity index (χ4v) is 4.86. The van der Waals surface area contributed by atoms with Crippen molar-refractivity contribution in [2.45, 2.75) is 12.5 Å². The number of carbonyl (C=O) groups is 1. The Hall–Kier alpha value is -2.18. The number of rotatable bonds is 3. The van der Waals surface area contributed by atoms with E-state index < -0.39 is 0 Å². The lowest BCUT2D eigenvalue weighted by atomic mass is 9.98. The van der Waals surface area contributed by atoms with Gasteiger partial charge in [-0.15, -0.1) is 22.7 Å². The van der Waals surface area contributed by atoms with Crippen molar-refractivity contribution in [1.29, 1.82) is 0 Å². The quantitative estimate of drug-likeness (QED) is 0.672. The molecule has 1 atom stereocenters. The molecule has 0 aromatic carbocycles. The maximum atomic E-state index is 12.8. The summed E-state index contributed by atoms with van der Waals surface area (Å²) >= 11 is 3.50. The van der Waals surface area contributed by atoms with E-state index >= 15 is 0 Å². The standard InChI is InChI=1S/C18H17N3OS2/c1-20-12-13(11-19-20)4-5-17(22)21-8-6-15-14(7-10-24-15)18(21)16-3-2-9-23-16/h2-5,7,9-12,18H,6,8H2,1H3/b5-4+/t18-/m0/s1. The summed E-state index contributed by atoms with van der Waals surface area (Å²) < 4.78 is 1.73. The molecule has 0 unspecified atom stereocenters. The highest BCUT2D eigenvalue weighted by Gasteiger charge is 2.32. The Labute approximate surface area is 148 Å². The highest BCUT2D eigenvalue weighted by Crippen LogP contribution is 2.39. The van der Waals surface area contributed by atoms with E-state index in [1.165, 1.54) is 15.3 Å². The average molecular weight is 355 g/mol. The average Bonchev–Trinajstić information content (AvgIpc) is 3.32. The largest absolute Gasteiger partial charge is 0.327 e. The molecule has 3 aromatic rings. The molecule has 0 radical (unpaired) electrons. The van der Waals surface area contributed by atoms with Crippen LogP contribution in [0.1, 0.15) is 26.9 Å². The molecule has 0 fully saturated rings. The minimum Gasteiger partial charge on any atom is -0.327 e. The van der Waals surface area contributed by atoms with Gasteiger partial charge < -0.3 is 4.90 Å². The predicted octanol–water partition coefficient (Wildman–Crippen LogP) is 3.73. The molecular formula is C18H17N3OS2. The zero-order chi connectivity index (χ0) is 16.5. The maximum Gasteiger partial charge on any atom is 0.247 e. The molecule has 0 saturated carbocycles. The molecule has 0 bridgehead atoms. The van der Waals surface area contributed by atoms with Crippen molar-refractivity contribution in [3.8, 4) is 0 Å². The van der Waals surface area contributed by atoms with Crippen LogP contribution in [0.4, 0.5) is 0 Å². The number of nitrogens with zero attached hydrogens (tertiary/aromatic N) is 3. The van der Waals surface area contributed by atoms with E-state index in [1.54, 1.807) is 39.6 Å². The second-order valence-corrected chi connectivity index (χ2v) is 7.76. The first-order chi connectivity index (χ1) is 11.7. The summed E-state index contributed by atoms with van der Waals surface area (Å²) in [5.74, 6) is 0.0501. The molecule has 1 amide bonds. The summed E-state index contributed by atoms with van der Waals surface area (Å²) in [6, 6.07) is 6.36. The fourth-order valence-electron chi connectivity index (χ4n) is 3.10. The van der Waals surface area contributed by atoms with Gasteiger partial charge in [0.15, 0.2) is 0 Å². The molecule has 24 heavy (non-hydrogen) atoms. The summed E-state index contributed by atoms with van der Waals surface area (Å²) in [5, 5.41) is 8.33. The lowest BCUT2D eigenvalue weighted by Crippen LogP contribution is -2.38. The van der Waals surface area contributed by atoms with E-state index in [0.29, 0.717) is 0 Å². The van der Waals surface area contributed by atoms with Gasteiger partial charge in [0, 0.05) is 41.2 Å². The van der Waals surface area contributed by atoms with E-state index in [2.05, 4.69) is 34.1 Å². The van der Waals surface area contributed by atoms with Crippen molar-refractivity contribution in [1.82, 2.24) is 14.7 Å². The lowest BCUT2D eigenvalue weighted by Gasteiger charge is -2.34. The predicted molar refractivity (Wildman–Crippen MR) is 98.1 cm³/mol. The molecule has 6 heteroatoms. The summed E-state index contributed by atoms with van der Waals surface area (Å²) in [6.45, 7) is 0.756. The van der Waals surface area contributed by atoms with Crippen LogP contribution in [0.2, 0.25) is 0 Å². The number of carbonyl (C=O) groups excluding carboxylic acids is 1. The highest BCUT2D eigenvalue weighted by atomic mass is 32.1. The molecule has 0 spiro atoms. The summed E-state index contributed by atoms with van der Waals surface area (Å²) in [7, 11) is 1.87. The van der Waals surface area contributed by atoms with Crippen molar-refractivity contribution in [2.24, 2.45) is 7.05 Å². The number of thiophene rings is 2. The summed E-state index contributed by atoms with van der Waals surface area (Å²) in [6.07, 6.45) is 8.09. The van der Waals surface area contributed by atoms with Gasteiger partial charge in [-0.05, 0) is 41.0 Å². The Morgan fingerprint density at radius 2 is 2.25 bits per heavy atom. The Morgan fingerprint density at radius 3 is 3.00 bits per heavy atom. The monoisotopic (exact) mass is 355 g/mol. The second kappa shape index (κ2) is 6.37. The van der Waals surface area contributed by atoms with Crippen LogP contribution >= 0.6 is 22.7 Å². The molecule has 0 N–H and O–H groups in total. The van der Waals surface area contributed by atoms with Crippen LogP contribution < -0.4 is 0 Å². The highest BCUT2D eigenvalue weighted by molar-refractivity contribution is 7.10. The van der Waals surface area contributed by atoms with Crippen LogP contribution in [0.3, 0.4) is 0 Å². The first kappa shape index (κ1) is 15.4. The number of aromatic nitrogens is 2. The molecular weight excluding hydrogens is 338 g/mol. The Kier molecular flexibility index (Phi) is 4.08. The smallest absolute Gasteiger partial charge is 0.247 e. The van der Waals surface area contributed by atoms with Gasteiger partial charge in [0.25, 0.3) is 0 Å². The first-order valence-electron chi connectivity index (χ1n) is 7.79. The van der Waals surface area contributed by atoms with Gasteiger partial charge in [0.05, 0.1) is 12.2 Å². The number of hydrogen-bond acceptors (Lipinski definition) is 4. The van der Waals surface area contributed by atoms with E-state index in [9.17, 15) is 4.79 Å². The van der Waals surface area contributed by atoms with Crippen LogP contribution in [-0.4, -0.2) is 27.1 Å². The molecule has 4 heterocycles. The van der Waals surface area contributed by atoms with Crippen molar-refractivity contribution in [3.63, 3.8) is 0 Å². The van der Waals surface area contributed by atoms with Crippen LogP contribution in [0.25, 0.3) is 6.08 Å². The Bertz CT molecular complexity index is 876. The van der Waals surface area contributed by atoms with Gasteiger partial charge in [-0.25, -0.2) is 0 Å². The molecule has 1 aliphatic rings. The van der Waals surface area contributed by atoms with Crippen molar-refractivity contribution >= 4 is 34.7 Å². The maximum absolute atomic E-state index is 12.8. The Morgan fingerprint density at radius 1 is 1.33 bits per heavy atom. The third-order valence-corrected chi connectivity index (χ3v) is 6.13. The molecule has 1 aliphatic heterocycles. The van der Waals surface area contributed by atoms with Crippen LogP contribution in [0, 0.1) is 0 Å². The second-order valence-electron chi connectivity index (χ2n) is 5.78. The third-order valence-electron chi connectivity index (χ3n) is 4.20. The number of fused-ring (bicyclic) bond motifs is 1. The van der Waals surface area contributed by atoms with Crippen molar-refractivity contribution in [2.75, 3.05) is 6.54 Å². The molecule has 0 saturated heterocycles. The summed E-state index contributed by atoms with van der Waals surface area (Å²) in [5.41, 5.74) is 2.21. The van der Waals surface area contributed by atoms with E-state index in [4.69, 9.17) is 0 Å². The van der Waals surface area contributed by atoms with E-state index in [1.807, 2.05) is 24.2 Å². The van der Waals surface area contributed by atoms with Gasteiger partial charge in [-0.3, -0.25) is 9.48 Å². The minimum absolute atomic E-state index is 0.0334. The van der Waals surface area contributed by atoms with Gasteiger partial charge in [-0.1, -0.05) is 6.07 Å². The van der Waals surface area contributed by atoms with Gasteiger partial charge in [-0.2, -0.15) is 5.10 Å². The van der Waals surface area contributed by atoms with Gasteiger partial charge in [0.1, 0.15) is 0 Å². The fraction of sp³-hybridized carbons (Fsp3) is 0.222. The van der Waals surface area contributed by atoms with Crippen LogP contribution in [0.15, 0.2) is 47.4 Å². The first-order valence-corrected chi connectivity index (χ1v) is 9.55. The van der Waals surface area contributed by atoms with Crippen molar-refractivity contribution < 1.29 is 4.79 Å². The normalized spacial score (nSPS) is 17.4. The number of aryl methyl sites for hydroxylation is 1. The van der Waals surface area contributed by atoms with E-state index in [-0.39, 0.29) is 11.9 Å². The molecule has 122 valence electrons. The zero-order valence-corrected chi connectivity index (χ0v) is 14.9. The third kappa shape index (κ3) is 2.83. The molecule has 4 nitrogen and oxygen atoms in total. The SMILES string of the molecule is Cn1cc(/C=C/C(=O)N2CCc3sccc3[C@H]2c2cccs2)cn1. The minimum atomic E-state index is 0.0334. The topological polar surface area (TPSA) is 38.1 Å². The number of hydrogen-bond donors (Lipinski definition) is 0. The molecule has 0 aliphatic carbocycles. The van der Waals surface area contributed by atoms with Gasteiger partial charge >= 0.3 is 0 Å². The lowest BCUT2D eigenvalue weighted by molar-refractivity contribution is -0.127.